The van der Waals surface area contributed by atoms with E-state index in [2.05, 4.69) is 0 Å². The van der Waals surface area contributed by atoms with Crippen molar-refractivity contribution < 1.29 is 13.6 Å². The van der Waals surface area contributed by atoms with Crippen LogP contribution in [0.5, 0.6) is 0 Å². The lowest BCUT2D eigenvalue weighted by molar-refractivity contribution is -0.135. The van der Waals surface area contributed by atoms with E-state index in [4.69, 9.17) is 0 Å². The van der Waals surface area contributed by atoms with E-state index < -0.39 is 11.3 Å². The number of alkyl halides is 2. The zero-order chi connectivity index (χ0) is 18.9. The molecule has 1 aliphatic heterocycles. The molecule has 3 atom stereocenters. The van der Waals surface area contributed by atoms with Crippen LogP contribution in [0.1, 0.15) is 31.2 Å². The number of thioether (sulfide) groups is 1. The van der Waals surface area contributed by atoms with Crippen molar-refractivity contribution >= 4 is 17.7 Å². The first-order valence-corrected chi connectivity index (χ1v) is 10.3. The Morgan fingerprint density at radius 1 is 0.963 bits per heavy atom. The summed E-state index contributed by atoms with van der Waals surface area (Å²) in [5.74, 6) is -0.613. The SMILES string of the molecule is O=C1[C@@H]2CCCC[C@@H]2[C@H](C(F)(F)Sc2ccccc2)N1Cc1ccccc1. The molecule has 0 spiro atoms. The quantitative estimate of drug-likeness (QED) is 0.624. The number of halogens is 2. The summed E-state index contributed by atoms with van der Waals surface area (Å²) in [7, 11) is 0. The van der Waals surface area contributed by atoms with E-state index >= 15 is 8.78 Å². The van der Waals surface area contributed by atoms with Gasteiger partial charge >= 0.3 is 5.25 Å². The highest BCUT2D eigenvalue weighted by atomic mass is 32.2. The largest absolute Gasteiger partial charge is 0.328 e. The summed E-state index contributed by atoms with van der Waals surface area (Å²) in [6.07, 6.45) is 3.32. The number of hydrogen-bond acceptors (Lipinski definition) is 2. The number of benzene rings is 2. The first kappa shape index (κ1) is 18.5. The second kappa shape index (κ2) is 7.63. The third-order valence-corrected chi connectivity index (χ3v) is 6.72. The van der Waals surface area contributed by atoms with Gasteiger partial charge in [0.2, 0.25) is 5.91 Å². The van der Waals surface area contributed by atoms with Gasteiger partial charge in [-0.1, -0.05) is 61.4 Å². The third kappa shape index (κ3) is 3.75. The van der Waals surface area contributed by atoms with Gasteiger partial charge < -0.3 is 4.90 Å². The smallest absolute Gasteiger partial charge is 0.318 e. The number of fused-ring (bicyclic) bond motifs is 1. The zero-order valence-electron chi connectivity index (χ0n) is 15.1. The Hall–Kier alpha value is -1.88. The van der Waals surface area contributed by atoms with E-state index in [9.17, 15) is 4.79 Å². The fourth-order valence-electron chi connectivity index (χ4n) is 4.52. The average molecular weight is 387 g/mol. The predicted molar refractivity (Wildman–Crippen MR) is 103 cm³/mol. The Balaban J connectivity index is 1.65. The lowest BCUT2D eigenvalue weighted by atomic mass is 9.78. The first-order valence-electron chi connectivity index (χ1n) is 9.52. The molecular weight excluding hydrogens is 364 g/mol. The molecule has 0 N–H and O–H groups in total. The number of nitrogens with zero attached hydrogens (tertiary/aromatic N) is 1. The summed E-state index contributed by atoms with van der Waals surface area (Å²) in [5.41, 5.74) is 0.898. The molecule has 1 amide bonds. The fraction of sp³-hybridized carbons (Fsp3) is 0.409. The van der Waals surface area contributed by atoms with Gasteiger partial charge in [-0.25, -0.2) is 0 Å². The highest BCUT2D eigenvalue weighted by Crippen LogP contribution is 2.52. The lowest BCUT2D eigenvalue weighted by Gasteiger charge is -2.35. The van der Waals surface area contributed by atoms with Gasteiger partial charge in [0.1, 0.15) is 6.04 Å². The molecule has 4 rings (SSSR count). The molecule has 1 saturated heterocycles. The molecule has 1 aliphatic carbocycles. The van der Waals surface area contributed by atoms with E-state index in [1.54, 1.807) is 24.3 Å². The van der Waals surface area contributed by atoms with E-state index in [1.165, 1.54) is 4.90 Å². The van der Waals surface area contributed by atoms with Gasteiger partial charge in [0.25, 0.3) is 0 Å². The summed E-state index contributed by atoms with van der Waals surface area (Å²) >= 11 is 0.588. The number of likely N-dealkylation sites (tertiary alicyclic amines) is 1. The number of amides is 1. The molecule has 2 aromatic rings. The maximum atomic E-state index is 15.5. The number of hydrogen-bond donors (Lipinski definition) is 0. The second-order valence-corrected chi connectivity index (χ2v) is 8.65. The molecule has 1 saturated carbocycles. The summed E-state index contributed by atoms with van der Waals surface area (Å²) in [6, 6.07) is 17.2. The van der Waals surface area contributed by atoms with Gasteiger partial charge in [-0.05, 0) is 48.2 Å². The van der Waals surface area contributed by atoms with Crippen LogP contribution in [0.2, 0.25) is 0 Å². The molecule has 2 nitrogen and oxygen atoms in total. The number of carbonyl (C=O) groups is 1. The van der Waals surface area contributed by atoms with Crippen molar-refractivity contribution in [2.45, 2.75) is 48.4 Å². The Labute approximate surface area is 163 Å². The minimum Gasteiger partial charge on any atom is -0.328 e. The Bertz CT molecular complexity index is 783. The second-order valence-electron chi connectivity index (χ2n) is 7.43. The van der Waals surface area contributed by atoms with Crippen LogP contribution < -0.4 is 0 Å². The topological polar surface area (TPSA) is 20.3 Å². The molecule has 0 unspecified atom stereocenters. The van der Waals surface area contributed by atoms with Gasteiger partial charge in [0, 0.05) is 17.4 Å². The molecule has 2 aliphatic rings. The first-order chi connectivity index (χ1) is 13.1. The molecule has 0 bridgehead atoms. The Morgan fingerprint density at radius 2 is 1.59 bits per heavy atom. The summed E-state index contributed by atoms with van der Waals surface area (Å²) in [5, 5.41) is -3.03. The van der Waals surface area contributed by atoms with E-state index in [0.29, 0.717) is 23.1 Å². The summed E-state index contributed by atoms with van der Waals surface area (Å²) in [4.78, 5) is 15.0. The fourth-order valence-corrected chi connectivity index (χ4v) is 5.55. The minimum absolute atomic E-state index is 0.0955. The number of carbonyl (C=O) groups excluding carboxylic acids is 1. The lowest BCUT2D eigenvalue weighted by Crippen LogP contribution is -2.46. The zero-order valence-corrected chi connectivity index (χ0v) is 15.9. The van der Waals surface area contributed by atoms with Crippen LogP contribution in [0.15, 0.2) is 65.6 Å². The van der Waals surface area contributed by atoms with E-state index in [0.717, 1.165) is 24.8 Å². The van der Waals surface area contributed by atoms with Crippen molar-refractivity contribution in [2.24, 2.45) is 11.8 Å². The maximum absolute atomic E-state index is 15.5. The van der Waals surface area contributed by atoms with Crippen LogP contribution in [-0.4, -0.2) is 22.1 Å². The highest BCUT2D eigenvalue weighted by molar-refractivity contribution is 8.00. The molecule has 2 fully saturated rings. The van der Waals surface area contributed by atoms with E-state index in [-0.39, 0.29) is 24.3 Å². The third-order valence-electron chi connectivity index (χ3n) is 5.70. The monoisotopic (exact) mass is 387 g/mol. The molecule has 0 aromatic heterocycles. The highest BCUT2D eigenvalue weighted by Gasteiger charge is 2.58. The van der Waals surface area contributed by atoms with Crippen molar-refractivity contribution in [2.75, 3.05) is 0 Å². The van der Waals surface area contributed by atoms with Crippen LogP contribution in [0.4, 0.5) is 8.78 Å². The van der Waals surface area contributed by atoms with Crippen molar-refractivity contribution in [3.63, 3.8) is 0 Å². The molecule has 1 heterocycles. The summed E-state index contributed by atoms with van der Waals surface area (Å²) < 4.78 is 31.0. The Morgan fingerprint density at radius 3 is 2.30 bits per heavy atom. The minimum atomic E-state index is -3.03. The standard InChI is InChI=1S/C22H23F2NOS/c23-22(24,27-17-11-5-2-6-12-17)20-18-13-7-8-14-19(18)21(26)25(20)15-16-9-3-1-4-10-16/h1-6,9-12,18-20H,7-8,13-15H2/t18-,19+,20+/m0/s1. The van der Waals surface area contributed by atoms with Crippen LogP contribution >= 0.6 is 11.8 Å². The van der Waals surface area contributed by atoms with Gasteiger partial charge in [0.15, 0.2) is 0 Å². The van der Waals surface area contributed by atoms with Crippen LogP contribution in [0.25, 0.3) is 0 Å². The van der Waals surface area contributed by atoms with Gasteiger partial charge in [-0.3, -0.25) is 4.79 Å². The van der Waals surface area contributed by atoms with Gasteiger partial charge in [-0.15, -0.1) is 0 Å². The van der Waals surface area contributed by atoms with Crippen LogP contribution in [0.3, 0.4) is 0 Å². The van der Waals surface area contributed by atoms with Crippen molar-refractivity contribution in [1.29, 1.82) is 0 Å². The van der Waals surface area contributed by atoms with Crippen LogP contribution in [0, 0.1) is 11.8 Å². The maximum Gasteiger partial charge on any atom is 0.318 e. The molecule has 5 heteroatoms. The van der Waals surface area contributed by atoms with Crippen LogP contribution in [-0.2, 0) is 11.3 Å². The van der Waals surface area contributed by atoms with Gasteiger partial charge in [0.05, 0.1) is 0 Å². The van der Waals surface area contributed by atoms with Crippen molar-refractivity contribution in [1.82, 2.24) is 4.90 Å². The molecule has 0 radical (unpaired) electrons. The molecular formula is C22H23F2NOS. The van der Waals surface area contributed by atoms with E-state index in [1.807, 2.05) is 36.4 Å². The van der Waals surface area contributed by atoms with Gasteiger partial charge in [-0.2, -0.15) is 8.78 Å². The Kier molecular flexibility index (Phi) is 5.22. The molecule has 27 heavy (non-hydrogen) atoms. The normalized spacial score (nSPS) is 25.5. The van der Waals surface area contributed by atoms with Crippen molar-refractivity contribution in [3.8, 4) is 0 Å². The molecule has 2 aromatic carbocycles. The molecule has 142 valence electrons. The average Bonchev–Trinajstić information content (AvgIpc) is 2.96. The van der Waals surface area contributed by atoms with Crippen molar-refractivity contribution in [3.05, 3.63) is 66.2 Å². The number of rotatable bonds is 5. The predicted octanol–water partition coefficient (Wildman–Crippen LogP) is 5.59. The summed E-state index contributed by atoms with van der Waals surface area (Å²) in [6.45, 7) is 0.252.